The molecule has 0 bridgehead atoms. The van der Waals surface area contributed by atoms with Crippen LogP contribution in [0, 0.1) is 12.7 Å². The zero-order chi connectivity index (χ0) is 15.5. The minimum Gasteiger partial charge on any atom is -0.457 e. The van der Waals surface area contributed by atoms with Crippen molar-refractivity contribution >= 4 is 17.5 Å². The standard InChI is InChI=1S/C14H10FN3O3S/c1-8-16-11(7-20-8)12-13(22-18-17-12)14(19)21-6-9-2-4-10(15)5-3-9/h2-5,7H,6H2,1H3. The number of esters is 1. The number of nitrogens with zero attached hydrogens (tertiary/aromatic N) is 3. The molecule has 0 fully saturated rings. The number of rotatable bonds is 4. The lowest BCUT2D eigenvalue weighted by atomic mass is 10.2. The summed E-state index contributed by atoms with van der Waals surface area (Å²) in [5, 5.41) is 3.88. The van der Waals surface area contributed by atoms with Crippen molar-refractivity contribution in [3.8, 4) is 11.4 Å². The van der Waals surface area contributed by atoms with Gasteiger partial charge in [0.05, 0.1) is 0 Å². The van der Waals surface area contributed by atoms with Crippen molar-refractivity contribution in [1.82, 2.24) is 14.6 Å². The predicted molar refractivity (Wildman–Crippen MR) is 75.7 cm³/mol. The first-order valence-electron chi connectivity index (χ1n) is 6.30. The fraction of sp³-hybridized carbons (Fsp3) is 0.143. The van der Waals surface area contributed by atoms with E-state index in [1.54, 1.807) is 19.1 Å². The highest BCUT2D eigenvalue weighted by Crippen LogP contribution is 2.24. The van der Waals surface area contributed by atoms with Crippen molar-refractivity contribution in [1.29, 1.82) is 0 Å². The lowest BCUT2D eigenvalue weighted by Gasteiger charge is -2.03. The third-order valence-electron chi connectivity index (χ3n) is 2.82. The van der Waals surface area contributed by atoms with Crippen LogP contribution in [0.2, 0.25) is 0 Å². The smallest absolute Gasteiger partial charge is 0.352 e. The molecule has 0 atom stereocenters. The molecule has 3 aromatic rings. The van der Waals surface area contributed by atoms with Gasteiger partial charge in [0, 0.05) is 6.92 Å². The molecule has 0 radical (unpaired) electrons. The van der Waals surface area contributed by atoms with Crippen molar-refractivity contribution in [2.75, 3.05) is 0 Å². The van der Waals surface area contributed by atoms with Crippen LogP contribution in [0.4, 0.5) is 4.39 Å². The van der Waals surface area contributed by atoms with E-state index >= 15 is 0 Å². The summed E-state index contributed by atoms with van der Waals surface area (Å²) >= 11 is 0.922. The van der Waals surface area contributed by atoms with E-state index in [0.29, 0.717) is 22.8 Å². The Kier molecular flexibility index (Phi) is 3.92. The van der Waals surface area contributed by atoms with Crippen molar-refractivity contribution in [2.24, 2.45) is 0 Å². The molecule has 0 saturated carbocycles. The zero-order valence-corrected chi connectivity index (χ0v) is 12.3. The van der Waals surface area contributed by atoms with Gasteiger partial charge in [-0.15, -0.1) is 5.10 Å². The molecule has 0 unspecified atom stereocenters. The summed E-state index contributed by atoms with van der Waals surface area (Å²) in [4.78, 5) is 16.5. The Balaban J connectivity index is 1.73. The van der Waals surface area contributed by atoms with Crippen LogP contribution in [0.1, 0.15) is 21.1 Å². The lowest BCUT2D eigenvalue weighted by Crippen LogP contribution is -2.05. The van der Waals surface area contributed by atoms with E-state index in [0.717, 1.165) is 11.5 Å². The minimum absolute atomic E-state index is 0.0360. The average molecular weight is 319 g/mol. The van der Waals surface area contributed by atoms with Crippen LogP contribution in [0.5, 0.6) is 0 Å². The summed E-state index contributed by atoms with van der Waals surface area (Å²) in [5.74, 6) is -0.436. The second-order valence-electron chi connectivity index (χ2n) is 4.41. The molecule has 1 aromatic carbocycles. The molecule has 0 N–H and O–H groups in total. The molecule has 22 heavy (non-hydrogen) atoms. The van der Waals surface area contributed by atoms with E-state index in [1.807, 2.05) is 0 Å². The van der Waals surface area contributed by atoms with Gasteiger partial charge in [-0.2, -0.15) is 0 Å². The molecule has 2 aromatic heterocycles. The van der Waals surface area contributed by atoms with E-state index in [2.05, 4.69) is 14.6 Å². The Bertz CT molecular complexity index is 798. The fourth-order valence-corrected chi connectivity index (χ4v) is 2.33. The Hall–Kier alpha value is -2.61. The van der Waals surface area contributed by atoms with Gasteiger partial charge in [-0.1, -0.05) is 16.6 Å². The molecule has 0 aliphatic heterocycles. The van der Waals surface area contributed by atoms with Crippen LogP contribution in [0.3, 0.4) is 0 Å². The molecule has 2 heterocycles. The zero-order valence-electron chi connectivity index (χ0n) is 11.4. The highest BCUT2D eigenvalue weighted by atomic mass is 32.1. The molecule has 0 saturated heterocycles. The van der Waals surface area contributed by atoms with E-state index < -0.39 is 5.97 Å². The van der Waals surface area contributed by atoms with Gasteiger partial charge in [0.15, 0.2) is 10.8 Å². The maximum Gasteiger partial charge on any atom is 0.352 e. The highest BCUT2D eigenvalue weighted by Gasteiger charge is 2.21. The lowest BCUT2D eigenvalue weighted by molar-refractivity contribution is 0.0479. The van der Waals surface area contributed by atoms with Crippen LogP contribution in [0.15, 0.2) is 34.9 Å². The molecule has 0 aliphatic carbocycles. The fourth-order valence-electron chi connectivity index (χ4n) is 1.76. The Labute approximate surface area is 128 Å². The molecular weight excluding hydrogens is 309 g/mol. The van der Waals surface area contributed by atoms with Crippen molar-refractivity contribution in [3.63, 3.8) is 0 Å². The Morgan fingerprint density at radius 1 is 1.36 bits per heavy atom. The summed E-state index contributed by atoms with van der Waals surface area (Å²) in [7, 11) is 0. The van der Waals surface area contributed by atoms with E-state index in [-0.39, 0.29) is 17.3 Å². The molecular formula is C14H10FN3O3S. The predicted octanol–water partition coefficient (Wildman–Crippen LogP) is 3.00. The van der Waals surface area contributed by atoms with Gasteiger partial charge in [-0.05, 0) is 29.2 Å². The highest BCUT2D eigenvalue weighted by molar-refractivity contribution is 7.08. The molecule has 6 nitrogen and oxygen atoms in total. The summed E-state index contributed by atoms with van der Waals surface area (Å²) < 4.78 is 26.9. The van der Waals surface area contributed by atoms with Crippen LogP contribution >= 0.6 is 11.5 Å². The van der Waals surface area contributed by atoms with E-state index in [9.17, 15) is 9.18 Å². The summed E-state index contributed by atoms with van der Waals surface area (Å²) in [5.41, 5.74) is 1.44. The third kappa shape index (κ3) is 3.01. The van der Waals surface area contributed by atoms with Crippen molar-refractivity contribution in [3.05, 3.63) is 52.7 Å². The molecule has 0 amide bonds. The number of benzene rings is 1. The number of halogens is 1. The summed E-state index contributed by atoms with van der Waals surface area (Å²) in [6, 6.07) is 5.72. The molecule has 8 heteroatoms. The number of ether oxygens (including phenoxy) is 1. The maximum atomic E-state index is 12.8. The van der Waals surface area contributed by atoms with Crippen LogP contribution in [-0.2, 0) is 11.3 Å². The average Bonchev–Trinajstić information content (AvgIpc) is 3.14. The van der Waals surface area contributed by atoms with Crippen LogP contribution in [-0.4, -0.2) is 20.5 Å². The van der Waals surface area contributed by atoms with Gasteiger partial charge in [0.25, 0.3) is 0 Å². The molecule has 0 aliphatic rings. The number of carbonyl (C=O) groups excluding carboxylic acids is 1. The number of aromatic nitrogens is 3. The number of carbonyl (C=O) groups is 1. The van der Waals surface area contributed by atoms with Crippen molar-refractivity contribution < 1.29 is 18.3 Å². The topological polar surface area (TPSA) is 78.1 Å². The Morgan fingerprint density at radius 3 is 2.82 bits per heavy atom. The molecule has 3 rings (SSSR count). The minimum atomic E-state index is -0.560. The second-order valence-corrected chi connectivity index (χ2v) is 5.16. The first kappa shape index (κ1) is 14.3. The van der Waals surface area contributed by atoms with Gasteiger partial charge >= 0.3 is 5.97 Å². The molecule has 0 spiro atoms. The normalized spacial score (nSPS) is 10.6. The third-order valence-corrected chi connectivity index (χ3v) is 3.52. The summed E-state index contributed by atoms with van der Waals surface area (Å²) in [6.45, 7) is 1.73. The quantitative estimate of drug-likeness (QED) is 0.688. The van der Waals surface area contributed by atoms with Gasteiger partial charge < -0.3 is 9.15 Å². The van der Waals surface area contributed by atoms with Gasteiger partial charge in [0.1, 0.15) is 30.1 Å². The number of hydrogen-bond acceptors (Lipinski definition) is 7. The largest absolute Gasteiger partial charge is 0.457 e. The first-order valence-corrected chi connectivity index (χ1v) is 7.07. The van der Waals surface area contributed by atoms with Gasteiger partial charge in [-0.3, -0.25) is 0 Å². The monoisotopic (exact) mass is 319 g/mol. The number of oxazole rings is 1. The number of aryl methyl sites for hydroxylation is 1. The second kappa shape index (κ2) is 6.02. The molecule has 112 valence electrons. The van der Waals surface area contributed by atoms with Crippen LogP contribution in [0.25, 0.3) is 11.4 Å². The first-order chi connectivity index (χ1) is 10.6. The van der Waals surface area contributed by atoms with E-state index in [4.69, 9.17) is 9.15 Å². The maximum absolute atomic E-state index is 12.8. The van der Waals surface area contributed by atoms with Crippen LogP contribution < -0.4 is 0 Å². The SMILES string of the molecule is Cc1nc(-c2nnsc2C(=O)OCc2ccc(F)cc2)co1. The van der Waals surface area contributed by atoms with Gasteiger partial charge in [-0.25, -0.2) is 14.2 Å². The van der Waals surface area contributed by atoms with E-state index in [1.165, 1.54) is 18.4 Å². The Morgan fingerprint density at radius 2 is 2.14 bits per heavy atom. The van der Waals surface area contributed by atoms with Crippen molar-refractivity contribution in [2.45, 2.75) is 13.5 Å². The summed E-state index contributed by atoms with van der Waals surface area (Å²) in [6.07, 6.45) is 1.41. The van der Waals surface area contributed by atoms with Gasteiger partial charge in [0.2, 0.25) is 0 Å². The number of hydrogen-bond donors (Lipinski definition) is 0.